The summed E-state index contributed by atoms with van der Waals surface area (Å²) in [6, 6.07) is 9.40. The summed E-state index contributed by atoms with van der Waals surface area (Å²) >= 11 is 0. The molecule has 0 fully saturated rings. The van der Waals surface area contributed by atoms with Crippen LogP contribution in [-0.2, 0) is 11.2 Å². The molecule has 100 valence electrons. The number of carboxylic acid groups (broad SMARTS) is 1. The monoisotopic (exact) mass is 259 g/mol. The van der Waals surface area contributed by atoms with Gasteiger partial charge in [-0.2, -0.15) is 0 Å². The predicted molar refractivity (Wildman–Crippen MR) is 70.9 cm³/mol. The first-order chi connectivity index (χ1) is 9.09. The van der Waals surface area contributed by atoms with Crippen LogP contribution in [0.3, 0.4) is 0 Å². The van der Waals surface area contributed by atoms with Crippen LogP contribution in [0.15, 0.2) is 36.5 Å². The minimum absolute atomic E-state index is 0.166. The van der Waals surface area contributed by atoms with Gasteiger partial charge >= 0.3 is 5.97 Å². The van der Waals surface area contributed by atoms with Crippen LogP contribution in [0.4, 0.5) is 0 Å². The maximum absolute atomic E-state index is 11.0. The zero-order chi connectivity index (χ0) is 13.8. The summed E-state index contributed by atoms with van der Waals surface area (Å²) in [4.78, 5) is 11.0. The molecule has 0 radical (unpaired) electrons. The van der Waals surface area contributed by atoms with Gasteiger partial charge in [-0.25, -0.2) is 9.48 Å². The van der Waals surface area contributed by atoms with E-state index in [2.05, 4.69) is 29.4 Å². The second kappa shape index (κ2) is 5.65. The van der Waals surface area contributed by atoms with Crippen molar-refractivity contribution in [3.63, 3.8) is 0 Å². The summed E-state index contributed by atoms with van der Waals surface area (Å²) in [5.74, 6) is -0.738. The van der Waals surface area contributed by atoms with Crippen molar-refractivity contribution < 1.29 is 9.90 Å². The highest BCUT2D eigenvalue weighted by Gasteiger charge is 2.21. The molecule has 0 saturated carbocycles. The van der Waals surface area contributed by atoms with Gasteiger partial charge in [-0.05, 0) is 18.9 Å². The minimum atomic E-state index is -0.904. The summed E-state index contributed by atoms with van der Waals surface area (Å²) < 4.78 is 1.48. The highest BCUT2D eigenvalue weighted by molar-refractivity contribution is 5.71. The Balaban J connectivity index is 2.18. The Kier molecular flexibility index (Phi) is 3.94. The highest BCUT2D eigenvalue weighted by Crippen LogP contribution is 2.21. The van der Waals surface area contributed by atoms with Crippen LogP contribution in [0.1, 0.15) is 37.1 Å². The third-order valence-electron chi connectivity index (χ3n) is 3.22. The Morgan fingerprint density at radius 2 is 2.00 bits per heavy atom. The molecule has 0 bridgehead atoms. The normalized spacial score (nSPS) is 14.0. The summed E-state index contributed by atoms with van der Waals surface area (Å²) in [7, 11) is 0. The van der Waals surface area contributed by atoms with Gasteiger partial charge in [0.1, 0.15) is 6.04 Å². The van der Waals surface area contributed by atoms with Gasteiger partial charge in [0.2, 0.25) is 0 Å². The third kappa shape index (κ3) is 2.99. The van der Waals surface area contributed by atoms with E-state index in [0.29, 0.717) is 0 Å². The van der Waals surface area contributed by atoms with Crippen LogP contribution in [0.25, 0.3) is 0 Å². The summed E-state index contributed by atoms with van der Waals surface area (Å²) in [5, 5.41) is 16.8. The van der Waals surface area contributed by atoms with Crippen molar-refractivity contribution in [1.82, 2.24) is 15.0 Å². The Morgan fingerprint density at radius 3 is 2.63 bits per heavy atom. The molecule has 1 N–H and O–H groups in total. The van der Waals surface area contributed by atoms with E-state index >= 15 is 0 Å². The van der Waals surface area contributed by atoms with Gasteiger partial charge in [0.05, 0.1) is 11.9 Å². The molecule has 2 atom stereocenters. The van der Waals surface area contributed by atoms with E-state index in [1.54, 1.807) is 13.1 Å². The molecular formula is C14H17N3O2. The predicted octanol–water partition coefficient (Wildman–Crippen LogP) is 2.27. The number of carboxylic acids is 1. The molecule has 2 rings (SSSR count). The number of carbonyl (C=O) groups is 1. The van der Waals surface area contributed by atoms with E-state index in [0.717, 1.165) is 12.1 Å². The Hall–Kier alpha value is -2.17. The van der Waals surface area contributed by atoms with E-state index < -0.39 is 12.0 Å². The van der Waals surface area contributed by atoms with Gasteiger partial charge in [0.25, 0.3) is 0 Å². The van der Waals surface area contributed by atoms with Gasteiger partial charge in [0, 0.05) is 5.92 Å². The molecule has 5 heteroatoms. The van der Waals surface area contributed by atoms with Crippen LogP contribution in [0, 0.1) is 0 Å². The van der Waals surface area contributed by atoms with Crippen molar-refractivity contribution in [3.8, 4) is 0 Å². The number of nitrogens with zero attached hydrogens (tertiary/aromatic N) is 3. The van der Waals surface area contributed by atoms with E-state index in [1.165, 1.54) is 10.2 Å². The molecule has 0 aliphatic carbocycles. The first-order valence-corrected chi connectivity index (χ1v) is 6.26. The quantitative estimate of drug-likeness (QED) is 0.894. The smallest absolute Gasteiger partial charge is 0.328 e. The molecule has 1 aromatic heterocycles. The Morgan fingerprint density at radius 1 is 1.32 bits per heavy atom. The second-order valence-electron chi connectivity index (χ2n) is 4.71. The molecule has 0 amide bonds. The maximum Gasteiger partial charge on any atom is 0.328 e. The number of benzene rings is 1. The molecule has 0 aliphatic heterocycles. The number of hydrogen-bond acceptors (Lipinski definition) is 3. The number of aromatic nitrogens is 3. The lowest BCUT2D eigenvalue weighted by molar-refractivity contribution is -0.140. The molecule has 0 saturated heterocycles. The lowest BCUT2D eigenvalue weighted by Crippen LogP contribution is -2.20. The van der Waals surface area contributed by atoms with E-state index in [9.17, 15) is 4.79 Å². The first-order valence-electron chi connectivity index (χ1n) is 6.26. The summed E-state index contributed by atoms with van der Waals surface area (Å²) in [5.41, 5.74) is 2.06. The number of hydrogen-bond donors (Lipinski definition) is 1. The topological polar surface area (TPSA) is 68.0 Å². The molecule has 1 heterocycles. The Bertz CT molecular complexity index is 551. The van der Waals surface area contributed by atoms with Gasteiger partial charge < -0.3 is 5.11 Å². The molecule has 0 unspecified atom stereocenters. The van der Waals surface area contributed by atoms with Gasteiger partial charge in [-0.3, -0.25) is 0 Å². The van der Waals surface area contributed by atoms with Crippen LogP contribution in [0.5, 0.6) is 0 Å². The zero-order valence-corrected chi connectivity index (χ0v) is 11.0. The molecule has 0 aliphatic rings. The SMILES string of the molecule is C[C@@H](Cc1ccccc1)c1cnnn1[C@@H](C)C(=O)O. The fourth-order valence-corrected chi connectivity index (χ4v) is 2.08. The summed E-state index contributed by atoms with van der Waals surface area (Å²) in [6.45, 7) is 3.66. The van der Waals surface area contributed by atoms with Crippen molar-refractivity contribution >= 4 is 5.97 Å². The molecule has 19 heavy (non-hydrogen) atoms. The average molecular weight is 259 g/mol. The molecule has 0 spiro atoms. The van der Waals surface area contributed by atoms with Crippen molar-refractivity contribution in [2.75, 3.05) is 0 Å². The zero-order valence-electron chi connectivity index (χ0n) is 11.0. The number of aliphatic carboxylic acids is 1. The lowest BCUT2D eigenvalue weighted by atomic mass is 9.98. The molecule has 1 aromatic carbocycles. The van der Waals surface area contributed by atoms with Crippen molar-refractivity contribution in [2.45, 2.75) is 32.2 Å². The first kappa shape index (κ1) is 13.3. The van der Waals surface area contributed by atoms with E-state index in [4.69, 9.17) is 5.11 Å². The molecule has 5 nitrogen and oxygen atoms in total. The van der Waals surface area contributed by atoms with Gasteiger partial charge in [0.15, 0.2) is 0 Å². The lowest BCUT2D eigenvalue weighted by Gasteiger charge is -2.15. The van der Waals surface area contributed by atoms with E-state index in [1.807, 2.05) is 18.2 Å². The average Bonchev–Trinajstić information content (AvgIpc) is 2.88. The highest BCUT2D eigenvalue weighted by atomic mass is 16.4. The maximum atomic E-state index is 11.0. The Labute approximate surface area is 111 Å². The fourth-order valence-electron chi connectivity index (χ4n) is 2.08. The van der Waals surface area contributed by atoms with Crippen molar-refractivity contribution in [1.29, 1.82) is 0 Å². The second-order valence-corrected chi connectivity index (χ2v) is 4.71. The van der Waals surface area contributed by atoms with Gasteiger partial charge in [-0.1, -0.05) is 42.5 Å². The van der Waals surface area contributed by atoms with Crippen LogP contribution < -0.4 is 0 Å². The van der Waals surface area contributed by atoms with E-state index in [-0.39, 0.29) is 5.92 Å². The van der Waals surface area contributed by atoms with Crippen LogP contribution in [0.2, 0.25) is 0 Å². The van der Waals surface area contributed by atoms with Gasteiger partial charge in [-0.15, -0.1) is 5.10 Å². The standard InChI is InChI=1S/C14H17N3O2/c1-10(8-12-6-4-3-5-7-12)13-9-15-16-17(13)11(2)14(18)19/h3-7,9-11H,8H2,1-2H3,(H,18,19)/t10-,11-/m0/s1. The summed E-state index contributed by atoms with van der Waals surface area (Å²) in [6.07, 6.45) is 2.48. The van der Waals surface area contributed by atoms with Crippen LogP contribution >= 0.6 is 0 Å². The largest absolute Gasteiger partial charge is 0.480 e. The minimum Gasteiger partial charge on any atom is -0.480 e. The third-order valence-corrected chi connectivity index (χ3v) is 3.22. The van der Waals surface area contributed by atoms with Crippen molar-refractivity contribution in [2.24, 2.45) is 0 Å². The molecule has 2 aromatic rings. The van der Waals surface area contributed by atoms with Crippen molar-refractivity contribution in [3.05, 3.63) is 47.8 Å². The fraction of sp³-hybridized carbons (Fsp3) is 0.357. The molecular weight excluding hydrogens is 242 g/mol. The van der Waals surface area contributed by atoms with Crippen LogP contribution in [-0.4, -0.2) is 26.1 Å². The number of rotatable bonds is 5.